The molecule has 1 aromatic heterocycles. The molecule has 1 heterocycles. The van der Waals surface area contributed by atoms with Crippen LogP contribution >= 0.6 is 0 Å². The van der Waals surface area contributed by atoms with Crippen molar-refractivity contribution in [3.8, 4) is 0 Å². The zero-order valence-corrected chi connectivity index (χ0v) is 12.7. The van der Waals surface area contributed by atoms with Crippen molar-refractivity contribution in [2.24, 2.45) is 0 Å². The van der Waals surface area contributed by atoms with Gasteiger partial charge in [0.05, 0.1) is 30.7 Å². The van der Waals surface area contributed by atoms with Crippen LogP contribution in [0.3, 0.4) is 0 Å². The number of alkyl halides is 2. The van der Waals surface area contributed by atoms with E-state index in [1.54, 1.807) is 12.3 Å². The molecule has 120 valence electrons. The summed E-state index contributed by atoms with van der Waals surface area (Å²) in [4.78, 5) is 5.83. The number of anilines is 1. The van der Waals surface area contributed by atoms with Gasteiger partial charge in [-0.2, -0.15) is 0 Å². The standard InChI is InChI=1S/C15H25F2N3O/c1-3-7-18-13(4-2)14-6-5-12(10-19-14)20(8-9-21)11-15(16)17/h5-6,10,13,15,18,21H,3-4,7-9,11H2,1-2H3. The van der Waals surface area contributed by atoms with Crippen LogP contribution < -0.4 is 10.2 Å². The average molecular weight is 301 g/mol. The summed E-state index contributed by atoms with van der Waals surface area (Å²) < 4.78 is 25.1. The lowest BCUT2D eigenvalue weighted by molar-refractivity contribution is 0.153. The molecule has 0 aromatic carbocycles. The third-order valence-corrected chi connectivity index (χ3v) is 3.27. The first-order chi connectivity index (χ1) is 10.1. The van der Waals surface area contributed by atoms with Gasteiger partial charge >= 0.3 is 0 Å². The quantitative estimate of drug-likeness (QED) is 0.697. The van der Waals surface area contributed by atoms with E-state index in [0.717, 1.165) is 25.1 Å². The third-order valence-electron chi connectivity index (χ3n) is 3.27. The number of aliphatic hydroxyl groups excluding tert-OH is 1. The Morgan fingerprint density at radius 2 is 2.10 bits per heavy atom. The van der Waals surface area contributed by atoms with Crippen LogP contribution in [0.5, 0.6) is 0 Å². The molecule has 1 atom stereocenters. The molecule has 0 saturated carbocycles. The fraction of sp³-hybridized carbons (Fsp3) is 0.667. The molecule has 4 nitrogen and oxygen atoms in total. The van der Waals surface area contributed by atoms with Crippen molar-refractivity contribution in [3.63, 3.8) is 0 Å². The number of hydrogen-bond donors (Lipinski definition) is 2. The van der Waals surface area contributed by atoms with Gasteiger partial charge in [-0.1, -0.05) is 13.8 Å². The fourth-order valence-corrected chi connectivity index (χ4v) is 2.18. The predicted molar refractivity (Wildman–Crippen MR) is 80.9 cm³/mol. The summed E-state index contributed by atoms with van der Waals surface area (Å²) in [5, 5.41) is 12.4. The van der Waals surface area contributed by atoms with Crippen molar-refractivity contribution in [2.75, 3.05) is 31.1 Å². The normalized spacial score (nSPS) is 12.7. The maximum absolute atomic E-state index is 12.5. The first kappa shape index (κ1) is 17.8. The molecule has 0 amide bonds. The summed E-state index contributed by atoms with van der Waals surface area (Å²) in [6, 6.07) is 3.83. The van der Waals surface area contributed by atoms with Crippen LogP contribution in [0.15, 0.2) is 18.3 Å². The van der Waals surface area contributed by atoms with Gasteiger partial charge in [0.2, 0.25) is 0 Å². The Hall–Kier alpha value is -1.27. The van der Waals surface area contributed by atoms with Crippen LogP contribution in [-0.2, 0) is 0 Å². The zero-order valence-electron chi connectivity index (χ0n) is 12.7. The van der Waals surface area contributed by atoms with Gasteiger partial charge < -0.3 is 15.3 Å². The minimum absolute atomic E-state index is 0.163. The Kier molecular flexibility index (Phi) is 8.15. The fourth-order valence-electron chi connectivity index (χ4n) is 2.18. The van der Waals surface area contributed by atoms with E-state index in [1.807, 2.05) is 6.07 Å². The molecule has 0 fully saturated rings. The number of aliphatic hydroxyl groups is 1. The molecule has 0 aliphatic rings. The molecule has 2 N–H and O–H groups in total. The molecular weight excluding hydrogens is 276 g/mol. The molecule has 0 spiro atoms. The van der Waals surface area contributed by atoms with E-state index in [2.05, 4.69) is 24.1 Å². The van der Waals surface area contributed by atoms with E-state index in [0.29, 0.717) is 5.69 Å². The first-order valence-electron chi connectivity index (χ1n) is 7.45. The van der Waals surface area contributed by atoms with Crippen LogP contribution in [0.1, 0.15) is 38.4 Å². The van der Waals surface area contributed by atoms with Gasteiger partial charge in [0.25, 0.3) is 6.43 Å². The number of nitrogens with one attached hydrogen (secondary N) is 1. The minimum Gasteiger partial charge on any atom is -0.395 e. The van der Waals surface area contributed by atoms with Gasteiger partial charge in [-0.3, -0.25) is 4.98 Å². The predicted octanol–water partition coefficient (Wildman–Crippen LogP) is 2.60. The molecule has 6 heteroatoms. The number of nitrogens with zero attached hydrogens (tertiary/aromatic N) is 2. The maximum atomic E-state index is 12.5. The summed E-state index contributed by atoms with van der Waals surface area (Å²) in [7, 11) is 0. The van der Waals surface area contributed by atoms with Gasteiger partial charge in [0.1, 0.15) is 0 Å². The summed E-state index contributed by atoms with van der Waals surface area (Å²) in [5.41, 5.74) is 1.52. The summed E-state index contributed by atoms with van der Waals surface area (Å²) in [5.74, 6) is 0. The highest BCUT2D eigenvalue weighted by Gasteiger charge is 2.14. The van der Waals surface area contributed by atoms with Crippen molar-refractivity contribution in [2.45, 2.75) is 39.2 Å². The smallest absolute Gasteiger partial charge is 0.255 e. The van der Waals surface area contributed by atoms with Crippen LogP contribution in [0.25, 0.3) is 0 Å². The Morgan fingerprint density at radius 1 is 1.33 bits per heavy atom. The molecular formula is C15H25F2N3O. The SMILES string of the molecule is CCCNC(CC)c1ccc(N(CCO)CC(F)F)cn1. The van der Waals surface area contributed by atoms with Crippen molar-refractivity contribution >= 4 is 5.69 Å². The second-order valence-electron chi connectivity index (χ2n) is 4.92. The Labute approximate surface area is 125 Å². The van der Waals surface area contributed by atoms with Crippen LogP contribution in [0.4, 0.5) is 14.5 Å². The molecule has 0 saturated heterocycles. The molecule has 1 unspecified atom stereocenters. The largest absolute Gasteiger partial charge is 0.395 e. The highest BCUT2D eigenvalue weighted by Crippen LogP contribution is 2.19. The van der Waals surface area contributed by atoms with E-state index < -0.39 is 13.0 Å². The van der Waals surface area contributed by atoms with Crippen LogP contribution in [-0.4, -0.2) is 42.8 Å². The van der Waals surface area contributed by atoms with Gasteiger partial charge in [-0.15, -0.1) is 0 Å². The topological polar surface area (TPSA) is 48.4 Å². The van der Waals surface area contributed by atoms with E-state index in [9.17, 15) is 8.78 Å². The Bertz CT molecular complexity index is 387. The number of pyridine rings is 1. The van der Waals surface area contributed by atoms with Gasteiger partial charge in [-0.05, 0) is 31.5 Å². The number of hydrogen-bond acceptors (Lipinski definition) is 4. The zero-order chi connectivity index (χ0) is 15.7. The molecule has 0 aliphatic carbocycles. The van der Waals surface area contributed by atoms with Gasteiger partial charge in [0, 0.05) is 12.6 Å². The molecule has 1 rings (SSSR count). The number of halogens is 2. The van der Waals surface area contributed by atoms with Crippen molar-refractivity contribution < 1.29 is 13.9 Å². The lowest BCUT2D eigenvalue weighted by Gasteiger charge is -2.24. The monoisotopic (exact) mass is 301 g/mol. The second-order valence-corrected chi connectivity index (χ2v) is 4.92. The summed E-state index contributed by atoms with van der Waals surface area (Å²) in [6.45, 7) is 4.72. The molecule has 21 heavy (non-hydrogen) atoms. The van der Waals surface area contributed by atoms with Crippen LogP contribution in [0.2, 0.25) is 0 Å². The van der Waals surface area contributed by atoms with Crippen molar-refractivity contribution in [1.82, 2.24) is 10.3 Å². The number of aromatic nitrogens is 1. The van der Waals surface area contributed by atoms with E-state index >= 15 is 0 Å². The molecule has 0 bridgehead atoms. The summed E-state index contributed by atoms with van der Waals surface area (Å²) in [6.07, 6.45) is 1.13. The van der Waals surface area contributed by atoms with Crippen molar-refractivity contribution in [3.05, 3.63) is 24.0 Å². The lowest BCUT2D eigenvalue weighted by atomic mass is 10.1. The average Bonchev–Trinajstić information content (AvgIpc) is 2.48. The Morgan fingerprint density at radius 3 is 2.57 bits per heavy atom. The maximum Gasteiger partial charge on any atom is 0.255 e. The van der Waals surface area contributed by atoms with Gasteiger partial charge in [-0.25, -0.2) is 8.78 Å². The first-order valence-corrected chi connectivity index (χ1v) is 7.45. The summed E-state index contributed by atoms with van der Waals surface area (Å²) >= 11 is 0. The third kappa shape index (κ3) is 5.93. The lowest BCUT2D eigenvalue weighted by Crippen LogP contribution is -2.31. The van der Waals surface area contributed by atoms with Crippen LogP contribution in [0, 0.1) is 0 Å². The van der Waals surface area contributed by atoms with Crippen molar-refractivity contribution in [1.29, 1.82) is 0 Å². The molecule has 1 aromatic rings. The molecule has 0 aliphatic heterocycles. The highest BCUT2D eigenvalue weighted by molar-refractivity contribution is 5.45. The van der Waals surface area contributed by atoms with E-state index in [-0.39, 0.29) is 19.2 Å². The highest BCUT2D eigenvalue weighted by atomic mass is 19.3. The second kappa shape index (κ2) is 9.63. The van der Waals surface area contributed by atoms with E-state index in [1.165, 1.54) is 4.90 Å². The Balaban J connectivity index is 2.78. The van der Waals surface area contributed by atoms with Gasteiger partial charge in [0.15, 0.2) is 0 Å². The number of rotatable bonds is 10. The van der Waals surface area contributed by atoms with E-state index in [4.69, 9.17) is 5.11 Å². The molecule has 0 radical (unpaired) electrons. The minimum atomic E-state index is -2.44.